The Labute approximate surface area is 72.3 Å². The first-order valence-corrected chi connectivity index (χ1v) is 3.89. The van der Waals surface area contributed by atoms with E-state index in [4.69, 9.17) is 0 Å². The van der Waals surface area contributed by atoms with Gasteiger partial charge in [-0.25, -0.2) is 4.99 Å². The number of nitrogens with zero attached hydrogens (tertiary/aromatic N) is 2. The van der Waals surface area contributed by atoms with Crippen molar-refractivity contribution in [2.24, 2.45) is 4.99 Å². The molecule has 0 saturated heterocycles. The molecular formula is C6H7BrN2O2. The highest BCUT2D eigenvalue weighted by Crippen LogP contribution is 2.21. The van der Waals surface area contributed by atoms with Crippen LogP contribution in [0.25, 0.3) is 0 Å². The summed E-state index contributed by atoms with van der Waals surface area (Å²) in [5.74, 6) is 0. The highest BCUT2D eigenvalue weighted by molar-refractivity contribution is 9.11. The Kier molecular flexibility index (Phi) is 2.08. The van der Waals surface area contributed by atoms with E-state index >= 15 is 0 Å². The van der Waals surface area contributed by atoms with Crippen LogP contribution in [0.4, 0.5) is 0 Å². The van der Waals surface area contributed by atoms with Crippen molar-refractivity contribution in [2.75, 3.05) is 0 Å². The maximum absolute atomic E-state index is 10.5. The monoisotopic (exact) mass is 218 g/mol. The van der Waals surface area contributed by atoms with Gasteiger partial charge in [0.05, 0.1) is 6.21 Å². The lowest BCUT2D eigenvalue weighted by molar-refractivity contribution is -0.540. The Bertz CT molecular complexity index is 249. The second-order valence-electron chi connectivity index (χ2n) is 2.60. The van der Waals surface area contributed by atoms with Crippen molar-refractivity contribution in [3.63, 3.8) is 0 Å². The predicted molar refractivity (Wildman–Crippen MR) is 45.5 cm³/mol. The minimum absolute atomic E-state index is 0.327. The standard InChI is InChI=1S/C6H7BrN2O2/c1-6(9(10)11)3-2-5(7)8-4-6/h2,4H,3H2,1H3. The molecule has 0 N–H and O–H groups in total. The van der Waals surface area contributed by atoms with Gasteiger partial charge in [0.15, 0.2) is 0 Å². The average molecular weight is 219 g/mol. The fourth-order valence-corrected chi connectivity index (χ4v) is 0.983. The van der Waals surface area contributed by atoms with Crippen molar-refractivity contribution < 1.29 is 4.92 Å². The van der Waals surface area contributed by atoms with Crippen LogP contribution in [-0.2, 0) is 0 Å². The van der Waals surface area contributed by atoms with E-state index in [1.165, 1.54) is 6.21 Å². The van der Waals surface area contributed by atoms with E-state index in [2.05, 4.69) is 20.9 Å². The Morgan fingerprint density at radius 1 is 1.91 bits per heavy atom. The summed E-state index contributed by atoms with van der Waals surface area (Å²) in [6.45, 7) is 1.55. The maximum Gasteiger partial charge on any atom is 0.257 e. The van der Waals surface area contributed by atoms with Gasteiger partial charge in [-0.05, 0) is 22.0 Å². The van der Waals surface area contributed by atoms with E-state index in [0.717, 1.165) is 0 Å². The third-order valence-corrected chi connectivity index (χ3v) is 2.10. The summed E-state index contributed by atoms with van der Waals surface area (Å²) >= 11 is 3.13. The summed E-state index contributed by atoms with van der Waals surface area (Å²) in [7, 11) is 0. The van der Waals surface area contributed by atoms with Crippen molar-refractivity contribution in [1.29, 1.82) is 0 Å². The number of hydrogen-bond donors (Lipinski definition) is 0. The van der Waals surface area contributed by atoms with Gasteiger partial charge in [0, 0.05) is 18.3 Å². The molecule has 5 heteroatoms. The van der Waals surface area contributed by atoms with E-state index < -0.39 is 5.54 Å². The SMILES string of the molecule is CC1([N+](=O)[O-])C=NC(Br)=CC1. The second-order valence-corrected chi connectivity index (χ2v) is 3.42. The van der Waals surface area contributed by atoms with Crippen molar-refractivity contribution in [1.82, 2.24) is 0 Å². The van der Waals surface area contributed by atoms with Crippen molar-refractivity contribution in [3.8, 4) is 0 Å². The third-order valence-electron chi connectivity index (χ3n) is 1.57. The lowest BCUT2D eigenvalue weighted by Crippen LogP contribution is -2.37. The molecule has 0 aromatic rings. The topological polar surface area (TPSA) is 55.5 Å². The number of rotatable bonds is 1. The van der Waals surface area contributed by atoms with E-state index in [-0.39, 0.29) is 4.92 Å². The average Bonchev–Trinajstić information content (AvgIpc) is 1.95. The molecule has 0 bridgehead atoms. The fraction of sp³-hybridized carbons (Fsp3) is 0.500. The quantitative estimate of drug-likeness (QED) is 0.383. The minimum Gasteiger partial charge on any atom is -0.264 e. The third kappa shape index (κ3) is 1.65. The molecule has 1 unspecified atom stereocenters. The van der Waals surface area contributed by atoms with Crippen LogP contribution in [0.1, 0.15) is 13.3 Å². The summed E-state index contributed by atoms with van der Waals surface area (Å²) in [5.41, 5.74) is -1.02. The van der Waals surface area contributed by atoms with Gasteiger partial charge in [-0.2, -0.15) is 0 Å². The summed E-state index contributed by atoms with van der Waals surface area (Å²) in [4.78, 5) is 13.9. The number of hydrogen-bond acceptors (Lipinski definition) is 3. The van der Waals surface area contributed by atoms with Crippen molar-refractivity contribution >= 4 is 22.1 Å². The van der Waals surface area contributed by atoms with Gasteiger partial charge in [0.25, 0.3) is 5.54 Å². The molecule has 1 rings (SSSR count). The van der Waals surface area contributed by atoms with Gasteiger partial charge >= 0.3 is 0 Å². The molecule has 0 spiro atoms. The second kappa shape index (κ2) is 2.73. The molecule has 0 aromatic heterocycles. The van der Waals surface area contributed by atoms with Crippen LogP contribution >= 0.6 is 15.9 Å². The van der Waals surface area contributed by atoms with Gasteiger partial charge in [-0.15, -0.1) is 0 Å². The first-order valence-electron chi connectivity index (χ1n) is 3.10. The zero-order chi connectivity index (χ0) is 8.48. The van der Waals surface area contributed by atoms with E-state index in [0.29, 0.717) is 11.0 Å². The summed E-state index contributed by atoms with van der Waals surface area (Å²) in [6.07, 6.45) is 3.45. The first-order chi connectivity index (χ1) is 5.04. The van der Waals surface area contributed by atoms with Crippen LogP contribution < -0.4 is 0 Å². The Balaban J connectivity index is 2.82. The number of halogens is 1. The molecule has 60 valence electrons. The maximum atomic E-state index is 10.5. The van der Waals surface area contributed by atoms with Gasteiger partial charge < -0.3 is 0 Å². The largest absolute Gasteiger partial charge is 0.264 e. The molecule has 0 fully saturated rings. The first kappa shape index (κ1) is 8.39. The molecule has 4 nitrogen and oxygen atoms in total. The molecule has 1 aliphatic rings. The molecule has 0 amide bonds. The van der Waals surface area contributed by atoms with Crippen LogP contribution in [0.15, 0.2) is 15.7 Å². The van der Waals surface area contributed by atoms with Crippen LogP contribution in [0.3, 0.4) is 0 Å². The molecule has 0 radical (unpaired) electrons. The molecule has 0 aromatic carbocycles. The molecule has 1 aliphatic heterocycles. The number of nitro groups is 1. The summed E-state index contributed by atoms with van der Waals surface area (Å²) in [6, 6.07) is 0. The minimum atomic E-state index is -1.02. The van der Waals surface area contributed by atoms with Gasteiger partial charge in [-0.3, -0.25) is 10.1 Å². The van der Waals surface area contributed by atoms with E-state index in [1.54, 1.807) is 13.0 Å². The zero-order valence-corrected chi connectivity index (χ0v) is 7.54. The normalized spacial score (nSPS) is 29.8. The lowest BCUT2D eigenvalue weighted by atomic mass is 9.99. The predicted octanol–water partition coefficient (Wildman–Crippen LogP) is 1.73. The lowest BCUT2D eigenvalue weighted by Gasteiger charge is -2.16. The summed E-state index contributed by atoms with van der Waals surface area (Å²) in [5, 5.41) is 10.5. The molecule has 0 aliphatic carbocycles. The van der Waals surface area contributed by atoms with Crippen molar-refractivity contribution in [2.45, 2.75) is 18.9 Å². The van der Waals surface area contributed by atoms with Crippen LogP contribution in [-0.4, -0.2) is 16.7 Å². The van der Waals surface area contributed by atoms with Crippen LogP contribution in [0, 0.1) is 10.1 Å². The zero-order valence-electron chi connectivity index (χ0n) is 5.95. The summed E-state index contributed by atoms with van der Waals surface area (Å²) < 4.78 is 0.664. The highest BCUT2D eigenvalue weighted by atomic mass is 79.9. The molecule has 1 heterocycles. The van der Waals surface area contributed by atoms with Gasteiger partial charge in [0.2, 0.25) is 0 Å². The van der Waals surface area contributed by atoms with E-state index in [9.17, 15) is 10.1 Å². The van der Waals surface area contributed by atoms with Gasteiger partial charge in [0.1, 0.15) is 4.61 Å². The Hall–Kier alpha value is -0.710. The Morgan fingerprint density at radius 2 is 2.55 bits per heavy atom. The molecular weight excluding hydrogens is 212 g/mol. The smallest absolute Gasteiger partial charge is 0.257 e. The molecule has 1 atom stereocenters. The van der Waals surface area contributed by atoms with Crippen LogP contribution in [0.2, 0.25) is 0 Å². The molecule has 0 saturated carbocycles. The van der Waals surface area contributed by atoms with Gasteiger partial charge in [-0.1, -0.05) is 0 Å². The molecule has 11 heavy (non-hydrogen) atoms. The Morgan fingerprint density at radius 3 is 2.91 bits per heavy atom. The highest BCUT2D eigenvalue weighted by Gasteiger charge is 2.35. The van der Waals surface area contributed by atoms with Crippen molar-refractivity contribution in [3.05, 3.63) is 20.8 Å². The van der Waals surface area contributed by atoms with Crippen LogP contribution in [0.5, 0.6) is 0 Å². The van der Waals surface area contributed by atoms with E-state index in [1.807, 2.05) is 0 Å². The fourth-order valence-electron chi connectivity index (χ4n) is 0.719. The number of aliphatic imine (C=N–C) groups is 1.